The molecular formula is C15H19Cl3N2O3S. The number of halogens is 3. The number of hydrogen-bond donors (Lipinski definition) is 1. The quantitative estimate of drug-likeness (QED) is 0.439. The lowest BCUT2D eigenvalue weighted by Crippen LogP contribution is -2.51. The number of carbonyl (C=O) groups is 2. The largest absolute Gasteiger partial charge is 0.375 e. The molecule has 2 heterocycles. The molecule has 7 atom stereocenters. The lowest BCUT2D eigenvalue weighted by molar-refractivity contribution is -0.143. The molecule has 1 amide bonds. The van der Waals surface area contributed by atoms with Gasteiger partial charge in [0.15, 0.2) is 0 Å². The van der Waals surface area contributed by atoms with Crippen LogP contribution in [0.25, 0.3) is 0 Å². The van der Waals surface area contributed by atoms with E-state index in [0.717, 1.165) is 12.8 Å². The highest BCUT2D eigenvalue weighted by atomic mass is 35.5. The fourth-order valence-electron chi connectivity index (χ4n) is 3.38. The van der Waals surface area contributed by atoms with Crippen LogP contribution in [0.2, 0.25) is 0 Å². The number of Topliss-reactive ketones (excluding diaryl/α,β-unsaturated/α-hetero) is 1. The van der Waals surface area contributed by atoms with Crippen LogP contribution in [-0.2, 0) is 14.3 Å². The molecule has 0 spiro atoms. The number of hydrazone groups is 1. The second kappa shape index (κ2) is 8.12. The summed E-state index contributed by atoms with van der Waals surface area (Å²) in [5.41, 5.74) is 2.49. The Morgan fingerprint density at radius 1 is 1.29 bits per heavy atom. The van der Waals surface area contributed by atoms with E-state index in [2.05, 4.69) is 10.5 Å². The van der Waals surface area contributed by atoms with Gasteiger partial charge in [-0.25, -0.2) is 5.43 Å². The van der Waals surface area contributed by atoms with Gasteiger partial charge in [0, 0.05) is 17.5 Å². The summed E-state index contributed by atoms with van der Waals surface area (Å²) >= 11 is 19.9. The molecule has 1 saturated carbocycles. The van der Waals surface area contributed by atoms with Gasteiger partial charge in [-0.2, -0.15) is 5.10 Å². The van der Waals surface area contributed by atoms with Crippen LogP contribution < -0.4 is 5.43 Å². The van der Waals surface area contributed by atoms with Gasteiger partial charge in [0.25, 0.3) is 5.91 Å². The van der Waals surface area contributed by atoms with Crippen molar-refractivity contribution in [3.8, 4) is 0 Å². The van der Waals surface area contributed by atoms with Gasteiger partial charge in [0.1, 0.15) is 5.78 Å². The summed E-state index contributed by atoms with van der Waals surface area (Å²) in [4.78, 5) is 24.6. The molecule has 3 fully saturated rings. The summed E-state index contributed by atoms with van der Waals surface area (Å²) in [5, 5.41) is 3.41. The van der Waals surface area contributed by atoms with Crippen LogP contribution in [0.4, 0.5) is 0 Å². The number of alkyl halides is 3. The van der Waals surface area contributed by atoms with Crippen molar-refractivity contribution in [1.82, 2.24) is 5.43 Å². The molecular weight excluding hydrogens is 395 g/mol. The van der Waals surface area contributed by atoms with E-state index in [1.807, 2.05) is 0 Å². The molecule has 3 rings (SSSR count). The molecule has 1 aliphatic carbocycles. The zero-order valence-electron chi connectivity index (χ0n) is 12.9. The molecule has 0 aromatic carbocycles. The third-order valence-electron chi connectivity index (χ3n) is 4.63. The first-order valence-electron chi connectivity index (χ1n) is 8.01. The number of fused-ring (bicyclic) bond motifs is 1. The molecule has 3 aliphatic rings. The molecule has 1 N–H and O–H groups in total. The summed E-state index contributed by atoms with van der Waals surface area (Å²) < 4.78 is 5.74. The Morgan fingerprint density at radius 2 is 2.08 bits per heavy atom. The molecule has 24 heavy (non-hydrogen) atoms. The number of thioether (sulfide) groups is 1. The third-order valence-corrected chi connectivity index (χ3v) is 7.25. The Balaban J connectivity index is 1.54. The van der Waals surface area contributed by atoms with E-state index < -0.39 is 5.92 Å². The molecule has 0 aromatic heterocycles. The van der Waals surface area contributed by atoms with Crippen LogP contribution in [0.15, 0.2) is 5.10 Å². The standard InChI is InChI=1S/C15H19Cl3N2O3S/c16-8-3-9-13(21)7(6-23-14(9)10(17)4-8)5-19-20-15(22)11-1-2-12(18)24-11/h5,7-12,14H,1-4,6H2,(H,20,22)/b19-5+. The molecule has 0 bridgehead atoms. The van der Waals surface area contributed by atoms with Crippen molar-refractivity contribution in [3.05, 3.63) is 0 Å². The summed E-state index contributed by atoms with van der Waals surface area (Å²) in [6, 6.07) is 0. The van der Waals surface area contributed by atoms with Gasteiger partial charge in [-0.15, -0.1) is 46.6 Å². The maximum absolute atomic E-state index is 12.6. The molecule has 2 saturated heterocycles. The molecule has 5 nitrogen and oxygen atoms in total. The summed E-state index contributed by atoms with van der Waals surface area (Å²) in [5.74, 6) is -0.918. The SMILES string of the molecule is O=C(N/N=C/C1COC2C(Cl)CC(Cl)CC2C1=O)C1CCC(Cl)S1. The minimum absolute atomic E-state index is 0.0201. The minimum Gasteiger partial charge on any atom is -0.375 e. The predicted octanol–water partition coefficient (Wildman–Crippen LogP) is 2.76. The van der Waals surface area contributed by atoms with Crippen LogP contribution in [-0.4, -0.2) is 51.3 Å². The average Bonchev–Trinajstić information content (AvgIpc) is 2.96. The van der Waals surface area contributed by atoms with Crippen LogP contribution >= 0.6 is 46.6 Å². The molecule has 0 aromatic rings. The Labute approximate surface area is 160 Å². The lowest BCUT2D eigenvalue weighted by atomic mass is 9.77. The Bertz CT molecular complexity index is 536. The number of nitrogens with one attached hydrogen (secondary N) is 1. The smallest absolute Gasteiger partial charge is 0.253 e. The van der Waals surface area contributed by atoms with E-state index in [1.165, 1.54) is 18.0 Å². The number of hydrogen-bond acceptors (Lipinski definition) is 5. The number of ketones is 1. The second-order valence-corrected chi connectivity index (χ2v) is 9.74. The lowest BCUT2D eigenvalue weighted by Gasteiger charge is -2.41. The van der Waals surface area contributed by atoms with Crippen LogP contribution in [0.5, 0.6) is 0 Å². The van der Waals surface area contributed by atoms with E-state index >= 15 is 0 Å². The fourth-order valence-corrected chi connectivity index (χ4v) is 5.89. The topological polar surface area (TPSA) is 67.8 Å². The maximum Gasteiger partial charge on any atom is 0.253 e. The summed E-state index contributed by atoms with van der Waals surface area (Å²) in [6.07, 6.45) is 3.95. The number of amides is 1. The van der Waals surface area contributed by atoms with Gasteiger partial charge < -0.3 is 4.74 Å². The molecule has 9 heteroatoms. The zero-order chi connectivity index (χ0) is 17.3. The average molecular weight is 414 g/mol. The highest BCUT2D eigenvalue weighted by molar-refractivity contribution is 8.02. The number of ether oxygens (including phenoxy) is 1. The van der Waals surface area contributed by atoms with E-state index in [4.69, 9.17) is 39.5 Å². The van der Waals surface area contributed by atoms with Crippen LogP contribution in [0.1, 0.15) is 25.7 Å². The second-order valence-electron chi connectivity index (χ2n) is 6.36. The monoisotopic (exact) mass is 412 g/mol. The number of nitrogens with zero attached hydrogens (tertiary/aromatic N) is 1. The van der Waals surface area contributed by atoms with Gasteiger partial charge in [-0.1, -0.05) is 0 Å². The minimum atomic E-state index is -0.477. The van der Waals surface area contributed by atoms with E-state index in [-0.39, 0.29) is 51.0 Å². The van der Waals surface area contributed by atoms with Gasteiger partial charge in [-0.3, -0.25) is 9.59 Å². The van der Waals surface area contributed by atoms with Crippen molar-refractivity contribution in [2.24, 2.45) is 16.9 Å². The van der Waals surface area contributed by atoms with Gasteiger partial charge in [0.2, 0.25) is 0 Å². The Morgan fingerprint density at radius 3 is 2.79 bits per heavy atom. The van der Waals surface area contributed by atoms with Crippen molar-refractivity contribution in [2.75, 3.05) is 6.61 Å². The van der Waals surface area contributed by atoms with Gasteiger partial charge >= 0.3 is 0 Å². The fraction of sp³-hybridized carbons (Fsp3) is 0.800. The number of carbonyl (C=O) groups excluding carboxylic acids is 2. The van der Waals surface area contributed by atoms with Gasteiger partial charge in [-0.05, 0) is 25.7 Å². The maximum atomic E-state index is 12.6. The first-order chi connectivity index (χ1) is 11.5. The molecule has 0 radical (unpaired) electrons. The molecule has 134 valence electrons. The van der Waals surface area contributed by atoms with Crippen molar-refractivity contribution < 1.29 is 14.3 Å². The van der Waals surface area contributed by atoms with Gasteiger partial charge in [0.05, 0.1) is 34.0 Å². The van der Waals surface area contributed by atoms with E-state index in [0.29, 0.717) is 12.8 Å². The predicted molar refractivity (Wildman–Crippen MR) is 97.1 cm³/mol. The summed E-state index contributed by atoms with van der Waals surface area (Å²) in [7, 11) is 0. The summed E-state index contributed by atoms with van der Waals surface area (Å²) in [6.45, 7) is 0.234. The van der Waals surface area contributed by atoms with Crippen molar-refractivity contribution in [2.45, 2.75) is 52.5 Å². The van der Waals surface area contributed by atoms with Crippen molar-refractivity contribution in [1.29, 1.82) is 0 Å². The van der Waals surface area contributed by atoms with Crippen molar-refractivity contribution >= 4 is 64.5 Å². The highest BCUT2D eigenvalue weighted by Crippen LogP contribution is 2.38. The van der Waals surface area contributed by atoms with Crippen LogP contribution in [0.3, 0.4) is 0 Å². The first-order valence-corrected chi connectivity index (χ1v) is 10.3. The normalized spacial score (nSPS) is 43.0. The van der Waals surface area contributed by atoms with Crippen LogP contribution in [0, 0.1) is 11.8 Å². The Hall–Kier alpha value is -0.0100. The first kappa shape index (κ1) is 18.8. The van der Waals surface area contributed by atoms with Crippen molar-refractivity contribution in [3.63, 3.8) is 0 Å². The molecule has 7 unspecified atom stereocenters. The van der Waals surface area contributed by atoms with E-state index in [1.54, 1.807) is 0 Å². The molecule has 2 aliphatic heterocycles. The number of rotatable bonds is 3. The zero-order valence-corrected chi connectivity index (χ0v) is 16.0. The third kappa shape index (κ3) is 4.21. The Kier molecular flexibility index (Phi) is 6.35. The highest BCUT2D eigenvalue weighted by Gasteiger charge is 2.46. The van der Waals surface area contributed by atoms with E-state index in [9.17, 15) is 9.59 Å².